The molecule has 2 aliphatic rings. The van der Waals surface area contributed by atoms with Crippen LogP contribution >= 0.6 is 11.3 Å². The number of rotatable bonds is 4. The maximum Gasteiger partial charge on any atom is 0.243 e. The standard InChI is InChI=1S/C17H28N4OS/c1-13(21-10-4-2-3-5-11-21)16(22)20-17-19-12-15(23-17)14-6-8-18-9-7-14/h12-14,18H,2-11H2,1H3,(H,19,20,22). The van der Waals surface area contributed by atoms with E-state index in [0.717, 1.165) is 31.3 Å². The second-order valence-corrected chi connectivity index (χ2v) is 7.77. The average molecular weight is 337 g/mol. The van der Waals surface area contributed by atoms with Gasteiger partial charge in [-0.1, -0.05) is 12.8 Å². The number of amides is 1. The van der Waals surface area contributed by atoms with Crippen LogP contribution in [0.3, 0.4) is 0 Å². The summed E-state index contributed by atoms with van der Waals surface area (Å²) >= 11 is 1.65. The van der Waals surface area contributed by atoms with Crippen molar-refractivity contribution >= 4 is 22.4 Å². The summed E-state index contributed by atoms with van der Waals surface area (Å²) in [6.07, 6.45) is 9.27. The highest BCUT2D eigenvalue weighted by molar-refractivity contribution is 7.15. The van der Waals surface area contributed by atoms with Crippen molar-refractivity contribution in [2.24, 2.45) is 0 Å². The highest BCUT2D eigenvalue weighted by atomic mass is 32.1. The van der Waals surface area contributed by atoms with Gasteiger partial charge in [-0.05, 0) is 64.7 Å². The first-order chi connectivity index (χ1) is 11.2. The van der Waals surface area contributed by atoms with E-state index in [9.17, 15) is 4.79 Å². The number of thiazole rings is 1. The molecule has 1 unspecified atom stereocenters. The molecule has 2 saturated heterocycles. The molecule has 2 fully saturated rings. The minimum atomic E-state index is -0.0701. The predicted molar refractivity (Wildman–Crippen MR) is 95.1 cm³/mol. The summed E-state index contributed by atoms with van der Waals surface area (Å²) in [7, 11) is 0. The summed E-state index contributed by atoms with van der Waals surface area (Å²) in [4.78, 5) is 20.6. The lowest BCUT2D eigenvalue weighted by Gasteiger charge is -2.26. The molecule has 0 aliphatic carbocycles. The van der Waals surface area contributed by atoms with Gasteiger partial charge in [-0.3, -0.25) is 9.69 Å². The molecule has 1 atom stereocenters. The van der Waals surface area contributed by atoms with Gasteiger partial charge in [0.25, 0.3) is 0 Å². The zero-order valence-electron chi connectivity index (χ0n) is 14.0. The summed E-state index contributed by atoms with van der Waals surface area (Å²) in [5.74, 6) is 0.681. The van der Waals surface area contributed by atoms with Gasteiger partial charge in [0, 0.05) is 11.1 Å². The topological polar surface area (TPSA) is 57.3 Å². The zero-order chi connectivity index (χ0) is 16.1. The third-order valence-corrected chi connectivity index (χ3v) is 6.14. The Labute approximate surface area is 142 Å². The first kappa shape index (κ1) is 16.9. The molecule has 1 aromatic rings. The van der Waals surface area contributed by atoms with Gasteiger partial charge in [-0.15, -0.1) is 11.3 Å². The van der Waals surface area contributed by atoms with Gasteiger partial charge in [0.1, 0.15) is 0 Å². The van der Waals surface area contributed by atoms with Crippen LogP contribution < -0.4 is 10.6 Å². The van der Waals surface area contributed by atoms with Crippen molar-refractivity contribution in [3.8, 4) is 0 Å². The second kappa shape index (κ2) is 8.22. The normalized spacial score (nSPS) is 22.5. The van der Waals surface area contributed by atoms with Crippen molar-refractivity contribution in [2.75, 3.05) is 31.5 Å². The molecule has 128 valence electrons. The van der Waals surface area contributed by atoms with Crippen LogP contribution in [0.15, 0.2) is 6.20 Å². The lowest BCUT2D eigenvalue weighted by molar-refractivity contribution is -0.120. The van der Waals surface area contributed by atoms with Crippen LogP contribution in [0.25, 0.3) is 0 Å². The van der Waals surface area contributed by atoms with E-state index in [1.165, 1.54) is 43.4 Å². The van der Waals surface area contributed by atoms with E-state index in [1.807, 2.05) is 13.1 Å². The Morgan fingerprint density at radius 1 is 1.30 bits per heavy atom. The van der Waals surface area contributed by atoms with E-state index in [4.69, 9.17) is 0 Å². The Bertz CT molecular complexity index is 504. The Morgan fingerprint density at radius 3 is 2.70 bits per heavy atom. The van der Waals surface area contributed by atoms with Crippen molar-refractivity contribution in [1.82, 2.24) is 15.2 Å². The minimum Gasteiger partial charge on any atom is -0.317 e. The van der Waals surface area contributed by atoms with E-state index in [2.05, 4.69) is 20.5 Å². The fraction of sp³-hybridized carbons (Fsp3) is 0.765. The molecule has 0 aromatic carbocycles. The molecular formula is C17H28N4OS. The number of carbonyl (C=O) groups excluding carboxylic acids is 1. The van der Waals surface area contributed by atoms with Crippen molar-refractivity contribution in [2.45, 2.75) is 57.4 Å². The Kier molecular flexibility index (Phi) is 6.02. The van der Waals surface area contributed by atoms with Crippen LogP contribution in [0.5, 0.6) is 0 Å². The predicted octanol–water partition coefficient (Wildman–Crippen LogP) is 2.81. The molecule has 6 heteroatoms. The van der Waals surface area contributed by atoms with E-state index in [0.29, 0.717) is 5.92 Å². The van der Waals surface area contributed by atoms with Gasteiger partial charge in [0.2, 0.25) is 5.91 Å². The second-order valence-electron chi connectivity index (χ2n) is 6.71. The van der Waals surface area contributed by atoms with Crippen LogP contribution in [0.4, 0.5) is 5.13 Å². The fourth-order valence-electron chi connectivity index (χ4n) is 3.50. The molecule has 2 N–H and O–H groups in total. The third kappa shape index (κ3) is 4.52. The van der Waals surface area contributed by atoms with E-state index in [1.54, 1.807) is 11.3 Å². The summed E-state index contributed by atoms with van der Waals surface area (Å²) in [6.45, 7) is 6.24. The fourth-order valence-corrected chi connectivity index (χ4v) is 4.49. The molecule has 3 heterocycles. The Hall–Kier alpha value is -0.980. The number of hydrogen-bond acceptors (Lipinski definition) is 5. The van der Waals surface area contributed by atoms with Gasteiger partial charge in [0.05, 0.1) is 6.04 Å². The zero-order valence-corrected chi connectivity index (χ0v) is 14.8. The highest BCUT2D eigenvalue weighted by Gasteiger charge is 2.23. The molecule has 0 saturated carbocycles. The van der Waals surface area contributed by atoms with Crippen LogP contribution in [0.2, 0.25) is 0 Å². The van der Waals surface area contributed by atoms with E-state index >= 15 is 0 Å². The maximum atomic E-state index is 12.5. The lowest BCUT2D eigenvalue weighted by atomic mass is 9.97. The molecule has 5 nitrogen and oxygen atoms in total. The van der Waals surface area contributed by atoms with Crippen molar-refractivity contribution in [1.29, 1.82) is 0 Å². The minimum absolute atomic E-state index is 0.0701. The number of nitrogens with one attached hydrogen (secondary N) is 2. The van der Waals surface area contributed by atoms with Gasteiger partial charge in [0.15, 0.2) is 5.13 Å². The van der Waals surface area contributed by atoms with Gasteiger partial charge >= 0.3 is 0 Å². The van der Waals surface area contributed by atoms with Crippen molar-refractivity contribution < 1.29 is 4.79 Å². The first-order valence-electron chi connectivity index (χ1n) is 8.95. The number of aromatic nitrogens is 1. The molecular weight excluding hydrogens is 308 g/mol. The van der Waals surface area contributed by atoms with Crippen molar-refractivity contribution in [3.05, 3.63) is 11.1 Å². The highest BCUT2D eigenvalue weighted by Crippen LogP contribution is 2.31. The third-order valence-electron chi connectivity index (χ3n) is 5.06. The molecule has 23 heavy (non-hydrogen) atoms. The van der Waals surface area contributed by atoms with Crippen LogP contribution in [-0.4, -0.2) is 48.0 Å². The number of piperidine rings is 1. The summed E-state index contributed by atoms with van der Waals surface area (Å²) in [5.41, 5.74) is 0. The average Bonchev–Trinajstić information content (AvgIpc) is 2.88. The quantitative estimate of drug-likeness (QED) is 0.888. The smallest absolute Gasteiger partial charge is 0.243 e. The number of carbonyl (C=O) groups is 1. The van der Waals surface area contributed by atoms with Gasteiger partial charge in [-0.2, -0.15) is 0 Å². The first-order valence-corrected chi connectivity index (χ1v) is 9.77. The number of hydrogen-bond donors (Lipinski definition) is 2. The number of anilines is 1. The number of nitrogens with zero attached hydrogens (tertiary/aromatic N) is 2. The van der Waals surface area contributed by atoms with E-state index < -0.39 is 0 Å². The van der Waals surface area contributed by atoms with Gasteiger partial charge in [-0.25, -0.2) is 4.98 Å². The van der Waals surface area contributed by atoms with Crippen LogP contribution in [0, 0.1) is 0 Å². The summed E-state index contributed by atoms with van der Waals surface area (Å²) in [6, 6.07) is -0.0701. The van der Waals surface area contributed by atoms with Gasteiger partial charge < -0.3 is 10.6 Å². The molecule has 3 rings (SSSR count). The molecule has 0 bridgehead atoms. The molecule has 0 radical (unpaired) electrons. The molecule has 0 spiro atoms. The summed E-state index contributed by atoms with van der Waals surface area (Å²) < 4.78 is 0. The van der Waals surface area contributed by atoms with Crippen molar-refractivity contribution in [3.63, 3.8) is 0 Å². The lowest BCUT2D eigenvalue weighted by Crippen LogP contribution is -2.42. The molecule has 1 amide bonds. The maximum absolute atomic E-state index is 12.5. The SMILES string of the molecule is CC(C(=O)Nc1ncc(C2CCNCC2)s1)N1CCCCCC1. The molecule has 2 aliphatic heterocycles. The largest absolute Gasteiger partial charge is 0.317 e. The van der Waals surface area contributed by atoms with Crippen LogP contribution in [0.1, 0.15) is 56.2 Å². The van der Waals surface area contributed by atoms with E-state index in [-0.39, 0.29) is 11.9 Å². The molecule has 1 aromatic heterocycles. The van der Waals surface area contributed by atoms with Crippen LogP contribution in [-0.2, 0) is 4.79 Å². The monoisotopic (exact) mass is 336 g/mol. The number of likely N-dealkylation sites (tertiary alicyclic amines) is 1. The Morgan fingerprint density at radius 2 is 2.00 bits per heavy atom. The summed E-state index contributed by atoms with van der Waals surface area (Å²) in [5, 5.41) is 7.17. The Balaban J connectivity index is 1.55.